The zero-order valence-electron chi connectivity index (χ0n) is 31.7. The summed E-state index contributed by atoms with van der Waals surface area (Å²) in [7, 11) is -3.80. The molecule has 300 valence electrons. The lowest BCUT2D eigenvalue weighted by molar-refractivity contribution is -0.699. The van der Waals surface area contributed by atoms with E-state index in [0.717, 1.165) is 54.3 Å². The van der Waals surface area contributed by atoms with E-state index in [1.165, 1.54) is 28.8 Å². The number of aryl methyl sites for hydroxylation is 2. The highest BCUT2D eigenvalue weighted by atomic mass is 32.2. The number of quaternary nitrogens is 2. The average molecular weight is 843 g/mol. The number of nitrogens with one attached hydrogen (secondary N) is 7. The number of sulfonamides is 1. The first-order chi connectivity index (χ1) is 27.9. The number of hydrogen-bond donors (Lipinski definition) is 8. The number of anilines is 4. The summed E-state index contributed by atoms with van der Waals surface area (Å²) in [4.78, 5) is 26.4. The Morgan fingerprint density at radius 2 is 1.34 bits per heavy atom. The van der Waals surface area contributed by atoms with Crippen LogP contribution in [0.4, 0.5) is 27.8 Å². The van der Waals surface area contributed by atoms with Crippen molar-refractivity contribution in [1.82, 2.24) is 29.0 Å². The highest BCUT2D eigenvalue weighted by Gasteiger charge is 2.33. The Balaban J connectivity index is 0.852. The number of rotatable bonds is 15. The predicted octanol–water partition coefficient (Wildman–Crippen LogP) is 3.32. The van der Waals surface area contributed by atoms with Gasteiger partial charge in [-0.2, -0.15) is 10.2 Å². The number of aromatic amines is 2. The van der Waals surface area contributed by atoms with Crippen LogP contribution in [0, 0.1) is 19.8 Å². The third-order valence-electron chi connectivity index (χ3n) is 9.19. The molecule has 2 aromatic heterocycles. The van der Waals surface area contributed by atoms with Crippen molar-refractivity contribution in [1.29, 1.82) is 0 Å². The number of carboxylic acid groups (broad SMARTS) is 1. The molecule has 8 N–H and O–H groups in total. The normalized spacial score (nSPS) is 18.8. The Hall–Kier alpha value is -6.00. The number of amides is 1. The van der Waals surface area contributed by atoms with Crippen molar-refractivity contribution in [3.8, 4) is 0 Å². The lowest BCUT2D eigenvalue weighted by Crippen LogP contribution is -3.10. The SMILES string of the molecule is Cc1cc(NC2=CN(Sc3ccc(NS(=O)(=O)CC(C)CN(C(=O)O)c4ccc(SN5C=C(Nc6cc(C)[nH]n6)[NH+]6C=CN=C6C5)cc4)cc3)CC3=NC=C[NH+]23)n[nH]1. The van der Waals surface area contributed by atoms with Gasteiger partial charge in [0.15, 0.2) is 11.6 Å². The van der Waals surface area contributed by atoms with Gasteiger partial charge in [-0.3, -0.25) is 39.1 Å². The number of benzene rings is 2. The van der Waals surface area contributed by atoms with Gasteiger partial charge in [-0.05, 0) is 92.2 Å². The molecule has 58 heavy (non-hydrogen) atoms. The second kappa shape index (κ2) is 16.5. The van der Waals surface area contributed by atoms with E-state index in [1.54, 1.807) is 43.6 Å². The van der Waals surface area contributed by atoms with E-state index in [4.69, 9.17) is 0 Å². The van der Waals surface area contributed by atoms with Crippen LogP contribution in [-0.2, 0) is 10.0 Å². The molecular weight excluding hydrogens is 801 g/mol. The van der Waals surface area contributed by atoms with Gasteiger partial charge in [0.25, 0.3) is 0 Å². The number of aliphatic imine (C=N–C) groups is 2. The van der Waals surface area contributed by atoms with Crippen LogP contribution in [0.1, 0.15) is 18.3 Å². The number of H-pyrrole nitrogens is 2. The molecule has 2 aromatic carbocycles. The molecule has 0 fully saturated rings. The second-order valence-electron chi connectivity index (χ2n) is 14.1. The van der Waals surface area contributed by atoms with Crippen molar-refractivity contribution in [3.63, 3.8) is 0 Å². The summed E-state index contributed by atoms with van der Waals surface area (Å²) < 4.78 is 33.3. The van der Waals surface area contributed by atoms with Crippen molar-refractivity contribution >= 4 is 74.7 Å². The van der Waals surface area contributed by atoms with E-state index in [9.17, 15) is 18.3 Å². The third-order valence-corrected chi connectivity index (χ3v) is 12.6. The Kier molecular flexibility index (Phi) is 11.0. The van der Waals surface area contributed by atoms with Crippen LogP contribution in [0.15, 0.2) is 129 Å². The maximum Gasteiger partial charge on any atom is 0.411 e. The molecule has 4 aliphatic heterocycles. The van der Waals surface area contributed by atoms with Gasteiger partial charge in [-0.15, -0.1) is 0 Å². The first-order valence-corrected chi connectivity index (χ1v) is 21.5. The lowest BCUT2D eigenvalue weighted by atomic mass is 10.2. The predicted molar refractivity (Wildman–Crippen MR) is 225 cm³/mol. The van der Waals surface area contributed by atoms with E-state index in [2.05, 4.69) is 54.3 Å². The third kappa shape index (κ3) is 9.24. The van der Waals surface area contributed by atoms with E-state index in [0.29, 0.717) is 36.1 Å². The number of hydrogen-bond acceptors (Lipinski definition) is 13. The van der Waals surface area contributed by atoms with Crippen LogP contribution < -0.4 is 30.1 Å². The summed E-state index contributed by atoms with van der Waals surface area (Å²) in [6.45, 7) is 6.76. The fraction of sp³-hybridized carbons (Fsp3) is 0.216. The van der Waals surface area contributed by atoms with Crippen LogP contribution >= 0.6 is 23.9 Å². The molecule has 4 aromatic rings. The highest BCUT2D eigenvalue weighted by Crippen LogP contribution is 2.29. The zero-order valence-corrected chi connectivity index (χ0v) is 34.1. The van der Waals surface area contributed by atoms with Crippen LogP contribution in [0.2, 0.25) is 0 Å². The second-order valence-corrected chi connectivity index (χ2v) is 18.1. The number of amidine groups is 2. The van der Waals surface area contributed by atoms with Crippen LogP contribution in [0.25, 0.3) is 0 Å². The fourth-order valence-corrected chi connectivity index (χ4v) is 9.82. The van der Waals surface area contributed by atoms with Crippen molar-refractivity contribution in [2.24, 2.45) is 15.9 Å². The van der Waals surface area contributed by atoms with E-state index >= 15 is 0 Å². The molecule has 0 saturated heterocycles. The van der Waals surface area contributed by atoms with E-state index < -0.39 is 22.0 Å². The molecule has 4 aliphatic rings. The molecule has 0 spiro atoms. The smallest absolute Gasteiger partial charge is 0.411 e. The quantitative estimate of drug-likeness (QED) is 0.0812. The summed E-state index contributed by atoms with van der Waals surface area (Å²) in [6, 6.07) is 18.1. The van der Waals surface area contributed by atoms with Crippen molar-refractivity contribution in [3.05, 3.63) is 121 Å². The fourth-order valence-electron chi connectivity index (χ4n) is 6.64. The highest BCUT2D eigenvalue weighted by molar-refractivity contribution is 7.97. The van der Waals surface area contributed by atoms with Gasteiger partial charge in [0.2, 0.25) is 33.3 Å². The van der Waals surface area contributed by atoms with Gasteiger partial charge in [0, 0.05) is 51.2 Å². The van der Waals surface area contributed by atoms with Crippen molar-refractivity contribution in [2.75, 3.05) is 45.6 Å². The Bertz CT molecular complexity index is 2470. The monoisotopic (exact) mass is 842 g/mol. The van der Waals surface area contributed by atoms with E-state index in [1.807, 2.05) is 75.0 Å². The van der Waals surface area contributed by atoms with Crippen LogP contribution in [0.5, 0.6) is 0 Å². The molecule has 6 heterocycles. The number of nitrogens with zero attached hydrogens (tertiary/aromatic N) is 7. The van der Waals surface area contributed by atoms with Gasteiger partial charge in [-0.1, -0.05) is 6.92 Å². The minimum Gasteiger partial charge on any atom is -0.465 e. The van der Waals surface area contributed by atoms with Gasteiger partial charge in [-0.25, -0.2) is 33.0 Å². The molecular formula is C37H42N14O4S3+2. The van der Waals surface area contributed by atoms with Gasteiger partial charge in [0.05, 0.1) is 30.6 Å². The summed E-state index contributed by atoms with van der Waals surface area (Å²) in [6.07, 6.45) is 10.3. The lowest BCUT2D eigenvalue weighted by Gasteiger charge is -2.28. The first-order valence-electron chi connectivity index (χ1n) is 18.3. The van der Waals surface area contributed by atoms with Crippen LogP contribution in [-0.4, -0.2) is 85.7 Å². The van der Waals surface area contributed by atoms with Crippen LogP contribution in [0.3, 0.4) is 0 Å². The van der Waals surface area contributed by atoms with E-state index in [-0.39, 0.29) is 12.3 Å². The molecule has 3 unspecified atom stereocenters. The molecule has 0 saturated carbocycles. The molecule has 8 rings (SSSR count). The standard InChI is InChI=1S/C37H40N14O4S3/c1-24(18-51(37(52)53)28-6-10-30(11-7-28)57-48-20-34-39-13-15-50(34)36(22-48)41-32-17-26(3)43-45-32)23-58(54,55)46-27-4-8-29(9-5-27)56-47-19-33-38-12-14-49(33)35(21-47)40-31-16-25(2)42-44-31/h4-17,21-22,24,46H,18-20,23H2,1-3H3,(H,52,53)(H2,40,42,44)(H2,41,43,45)/p+2. The van der Waals surface area contributed by atoms with Gasteiger partial charge >= 0.3 is 6.09 Å². The van der Waals surface area contributed by atoms with Gasteiger partial charge in [0.1, 0.15) is 25.5 Å². The molecule has 0 radical (unpaired) electrons. The minimum absolute atomic E-state index is 0.0137. The van der Waals surface area contributed by atoms with Crippen molar-refractivity contribution in [2.45, 2.75) is 30.6 Å². The topological polar surface area (TPSA) is 208 Å². The first kappa shape index (κ1) is 38.9. The number of aromatic nitrogens is 4. The average Bonchev–Trinajstić information content (AvgIpc) is 4.01. The van der Waals surface area contributed by atoms with Gasteiger partial charge < -0.3 is 5.11 Å². The molecule has 18 nitrogen and oxygen atoms in total. The summed E-state index contributed by atoms with van der Waals surface area (Å²) >= 11 is 2.99. The Morgan fingerprint density at radius 1 is 0.845 bits per heavy atom. The zero-order chi connectivity index (χ0) is 40.4. The Morgan fingerprint density at radius 3 is 1.81 bits per heavy atom. The minimum atomic E-state index is -3.80. The summed E-state index contributed by atoms with van der Waals surface area (Å²) in [5, 5.41) is 31.3. The largest absolute Gasteiger partial charge is 0.465 e. The molecule has 0 aliphatic carbocycles. The number of carbonyl (C=O) groups is 1. The Labute approximate surface area is 343 Å². The molecule has 0 bridgehead atoms. The maximum absolute atomic E-state index is 13.3. The van der Waals surface area contributed by atoms with Crippen molar-refractivity contribution < 1.29 is 28.1 Å². The molecule has 1 amide bonds. The molecule has 3 atom stereocenters. The summed E-state index contributed by atoms with van der Waals surface area (Å²) in [5.74, 6) is 4.23. The maximum atomic E-state index is 13.3. The summed E-state index contributed by atoms with van der Waals surface area (Å²) in [5.41, 5.74) is 2.75. The number of fused-ring (bicyclic) bond motifs is 2. The molecule has 21 heteroatoms.